The summed E-state index contributed by atoms with van der Waals surface area (Å²) in [6.45, 7) is 17.5. The standard InChI is InChI=1S/C20H21N.C7H15NO2.C2H4O/c1-4-7-16-12-13-21-20(15(16)3)19-11-6-9-17-14(2)8-5-10-18(17)19;1-5-8-6(9)10-7(2,3)4;1-2-3/h5-6,8-13H,4,7H2,1-3H3;5H2,1-4H3,(H,8,9);2-3H,1H2. The van der Waals surface area contributed by atoms with Gasteiger partial charge in [0.2, 0.25) is 0 Å². The number of fused-ring (bicyclic) bond motifs is 1. The lowest BCUT2D eigenvalue weighted by Crippen LogP contribution is -2.32. The molecule has 0 atom stereocenters. The molecular formula is C29H40N2O3. The molecule has 0 saturated heterocycles. The third-order valence-corrected chi connectivity index (χ3v) is 4.95. The van der Waals surface area contributed by atoms with Gasteiger partial charge in [-0.15, -0.1) is 0 Å². The van der Waals surface area contributed by atoms with Crippen LogP contribution in [-0.4, -0.2) is 28.3 Å². The lowest BCUT2D eigenvalue weighted by atomic mass is 9.94. The van der Waals surface area contributed by atoms with Gasteiger partial charge in [-0.2, -0.15) is 0 Å². The van der Waals surface area contributed by atoms with Crippen molar-refractivity contribution in [2.75, 3.05) is 6.54 Å². The molecule has 0 spiro atoms. The molecule has 184 valence electrons. The number of rotatable bonds is 4. The number of carbonyl (C=O) groups excluding carboxylic acids is 1. The minimum absolute atomic E-state index is 0.352. The van der Waals surface area contributed by atoms with Gasteiger partial charge < -0.3 is 15.2 Å². The van der Waals surface area contributed by atoms with E-state index in [1.165, 1.54) is 39.4 Å². The lowest BCUT2D eigenvalue weighted by Gasteiger charge is -2.19. The number of hydrogen-bond acceptors (Lipinski definition) is 4. The van der Waals surface area contributed by atoms with E-state index in [0.717, 1.165) is 18.4 Å². The summed E-state index contributed by atoms with van der Waals surface area (Å²) in [4.78, 5) is 15.4. The zero-order valence-electron chi connectivity index (χ0n) is 21.7. The highest BCUT2D eigenvalue weighted by molar-refractivity contribution is 5.98. The van der Waals surface area contributed by atoms with Crippen LogP contribution in [0.4, 0.5) is 4.79 Å². The number of aromatic nitrogens is 1. The van der Waals surface area contributed by atoms with Gasteiger partial charge in [0.15, 0.2) is 0 Å². The number of nitrogens with zero attached hydrogens (tertiary/aromatic N) is 1. The van der Waals surface area contributed by atoms with Gasteiger partial charge in [0, 0.05) is 18.3 Å². The van der Waals surface area contributed by atoms with Gasteiger partial charge in [-0.05, 0) is 81.5 Å². The molecule has 0 radical (unpaired) electrons. The summed E-state index contributed by atoms with van der Waals surface area (Å²) >= 11 is 0. The van der Waals surface area contributed by atoms with Crippen LogP contribution in [0.5, 0.6) is 0 Å². The van der Waals surface area contributed by atoms with Crippen molar-refractivity contribution in [3.63, 3.8) is 0 Å². The average molecular weight is 465 g/mol. The van der Waals surface area contributed by atoms with Crippen molar-refractivity contribution in [3.8, 4) is 11.3 Å². The maximum absolute atomic E-state index is 10.7. The minimum Gasteiger partial charge on any atom is -0.516 e. The Morgan fingerprint density at radius 2 is 1.71 bits per heavy atom. The van der Waals surface area contributed by atoms with Crippen molar-refractivity contribution in [1.82, 2.24) is 10.3 Å². The van der Waals surface area contributed by atoms with Crippen LogP contribution in [-0.2, 0) is 11.2 Å². The second-order valence-corrected chi connectivity index (χ2v) is 8.88. The molecule has 5 heteroatoms. The summed E-state index contributed by atoms with van der Waals surface area (Å²) in [5.41, 5.74) is 6.01. The second-order valence-electron chi connectivity index (χ2n) is 8.88. The molecule has 0 unspecified atom stereocenters. The van der Waals surface area contributed by atoms with Gasteiger partial charge >= 0.3 is 6.09 Å². The predicted molar refractivity (Wildman–Crippen MR) is 143 cm³/mol. The van der Waals surface area contributed by atoms with E-state index in [0.29, 0.717) is 6.54 Å². The topological polar surface area (TPSA) is 71.5 Å². The highest BCUT2D eigenvalue weighted by Crippen LogP contribution is 2.32. The van der Waals surface area contributed by atoms with Gasteiger partial charge in [0.05, 0.1) is 12.0 Å². The number of aliphatic hydroxyl groups excluding tert-OH is 1. The number of aliphatic hydroxyl groups is 1. The van der Waals surface area contributed by atoms with Crippen LogP contribution >= 0.6 is 0 Å². The van der Waals surface area contributed by atoms with Crippen LogP contribution in [0.2, 0.25) is 0 Å². The number of benzene rings is 2. The van der Waals surface area contributed by atoms with Crippen molar-refractivity contribution in [1.29, 1.82) is 0 Å². The number of carbonyl (C=O) groups is 1. The zero-order valence-corrected chi connectivity index (χ0v) is 21.7. The summed E-state index contributed by atoms with van der Waals surface area (Å²) in [6.07, 6.45) is 4.63. The summed E-state index contributed by atoms with van der Waals surface area (Å²) in [7, 11) is 0. The van der Waals surface area contributed by atoms with Gasteiger partial charge in [-0.25, -0.2) is 4.79 Å². The summed E-state index contributed by atoms with van der Waals surface area (Å²) < 4.78 is 4.93. The molecule has 0 fully saturated rings. The van der Waals surface area contributed by atoms with Crippen molar-refractivity contribution >= 4 is 16.9 Å². The van der Waals surface area contributed by atoms with E-state index in [1.807, 2.05) is 33.9 Å². The number of alkyl carbamates (subject to hydrolysis) is 1. The summed E-state index contributed by atoms with van der Waals surface area (Å²) in [5.74, 6) is 0. The van der Waals surface area contributed by atoms with E-state index in [4.69, 9.17) is 9.84 Å². The minimum atomic E-state index is -0.390. The first kappa shape index (κ1) is 28.7. The van der Waals surface area contributed by atoms with E-state index in [1.54, 1.807) is 0 Å². The van der Waals surface area contributed by atoms with Crippen molar-refractivity contribution in [2.24, 2.45) is 0 Å². The Labute approximate surface area is 204 Å². The highest BCUT2D eigenvalue weighted by atomic mass is 16.6. The fourth-order valence-electron chi connectivity index (χ4n) is 3.52. The number of nitrogens with one attached hydrogen (secondary N) is 1. The molecule has 0 aliphatic rings. The zero-order chi connectivity index (χ0) is 25.7. The lowest BCUT2D eigenvalue weighted by molar-refractivity contribution is 0.0531. The molecule has 1 heterocycles. The maximum atomic E-state index is 10.7. The van der Waals surface area contributed by atoms with Gasteiger partial charge in [0.1, 0.15) is 5.60 Å². The number of amides is 1. The van der Waals surface area contributed by atoms with E-state index >= 15 is 0 Å². The Morgan fingerprint density at radius 1 is 1.09 bits per heavy atom. The number of hydrogen-bond donors (Lipinski definition) is 2. The van der Waals surface area contributed by atoms with Crippen molar-refractivity contribution in [3.05, 3.63) is 78.2 Å². The maximum Gasteiger partial charge on any atom is 0.407 e. The van der Waals surface area contributed by atoms with Gasteiger partial charge in [-0.3, -0.25) is 4.98 Å². The third-order valence-electron chi connectivity index (χ3n) is 4.95. The number of aryl methyl sites for hydroxylation is 2. The first-order valence-electron chi connectivity index (χ1n) is 11.7. The Bertz CT molecular complexity index is 1070. The molecule has 0 aliphatic heterocycles. The van der Waals surface area contributed by atoms with Crippen molar-refractivity contribution < 1.29 is 14.6 Å². The fraction of sp³-hybridized carbons (Fsp3) is 0.379. The largest absolute Gasteiger partial charge is 0.516 e. The molecule has 3 aromatic rings. The monoisotopic (exact) mass is 464 g/mol. The summed E-state index contributed by atoms with van der Waals surface area (Å²) in [5, 5.41) is 12.5. The van der Waals surface area contributed by atoms with E-state index in [-0.39, 0.29) is 11.7 Å². The van der Waals surface area contributed by atoms with Crippen LogP contribution < -0.4 is 5.32 Å². The predicted octanol–water partition coefficient (Wildman–Crippen LogP) is 7.69. The molecular weight excluding hydrogens is 424 g/mol. The van der Waals surface area contributed by atoms with Gasteiger partial charge in [0.25, 0.3) is 0 Å². The molecule has 5 nitrogen and oxygen atoms in total. The smallest absolute Gasteiger partial charge is 0.407 e. The Morgan fingerprint density at radius 3 is 2.29 bits per heavy atom. The van der Waals surface area contributed by atoms with Crippen LogP contribution in [0.15, 0.2) is 61.5 Å². The number of pyridine rings is 1. The molecule has 2 N–H and O–H groups in total. The Balaban J connectivity index is 0.000000375. The first-order valence-corrected chi connectivity index (χ1v) is 11.7. The van der Waals surface area contributed by atoms with Crippen LogP contribution in [0, 0.1) is 13.8 Å². The average Bonchev–Trinajstić information content (AvgIpc) is 2.75. The van der Waals surface area contributed by atoms with Crippen LogP contribution in [0.1, 0.15) is 57.7 Å². The Hall–Kier alpha value is -3.34. The highest BCUT2D eigenvalue weighted by Gasteiger charge is 2.14. The van der Waals surface area contributed by atoms with E-state index in [2.05, 4.69) is 80.1 Å². The Kier molecular flexibility index (Phi) is 11.8. The summed E-state index contributed by atoms with van der Waals surface area (Å²) in [6, 6.07) is 15.2. The van der Waals surface area contributed by atoms with Crippen LogP contribution in [0.25, 0.3) is 22.0 Å². The third kappa shape index (κ3) is 8.89. The SMILES string of the molecule is C=CO.CCCc1ccnc(-c2cccc3c(C)cccc23)c1C.CCNC(=O)OC(C)(C)C. The molecule has 0 bridgehead atoms. The first-order chi connectivity index (χ1) is 16.1. The van der Waals surface area contributed by atoms with Crippen molar-refractivity contribution in [2.45, 2.75) is 66.9 Å². The molecule has 0 aliphatic carbocycles. The number of ether oxygens (including phenoxy) is 1. The molecule has 1 amide bonds. The molecule has 34 heavy (non-hydrogen) atoms. The molecule has 3 rings (SSSR count). The van der Waals surface area contributed by atoms with E-state index in [9.17, 15) is 4.79 Å². The molecule has 1 aromatic heterocycles. The van der Waals surface area contributed by atoms with E-state index < -0.39 is 0 Å². The second kappa shape index (κ2) is 14.0. The van der Waals surface area contributed by atoms with Crippen LogP contribution in [0.3, 0.4) is 0 Å². The molecule has 2 aromatic carbocycles. The normalized spacial score (nSPS) is 10.3. The van der Waals surface area contributed by atoms with Gasteiger partial charge in [-0.1, -0.05) is 56.3 Å². The quantitative estimate of drug-likeness (QED) is 0.388. The fourth-order valence-corrected chi connectivity index (χ4v) is 3.52. The molecule has 0 saturated carbocycles.